The molecule has 2 fully saturated rings. The molecule has 0 bridgehead atoms. The first-order valence-corrected chi connectivity index (χ1v) is 16.6. The van der Waals surface area contributed by atoms with Gasteiger partial charge in [-0.05, 0) is 38.8 Å². The minimum atomic E-state index is -3.68. The number of rotatable bonds is 14. The minimum Gasteiger partial charge on any atom is -0.458 e. The number of esters is 1. The molecular formula is C33H45O10P. The number of carbonyl (C=O) groups is 2. The number of hydrogen-bond donors (Lipinski definition) is 0. The molecule has 0 saturated carbocycles. The highest BCUT2D eigenvalue weighted by Gasteiger charge is 2.62. The van der Waals surface area contributed by atoms with E-state index in [0.29, 0.717) is 32.7 Å². The van der Waals surface area contributed by atoms with Gasteiger partial charge in [0.05, 0.1) is 36.6 Å². The lowest BCUT2D eigenvalue weighted by Gasteiger charge is -2.58. The van der Waals surface area contributed by atoms with Crippen LogP contribution in [0.4, 0.5) is 0 Å². The number of benzene rings is 2. The molecule has 6 atom stereocenters. The molecule has 2 aliphatic rings. The Hall–Kier alpha value is -2.43. The molecule has 11 heteroatoms. The van der Waals surface area contributed by atoms with E-state index < -0.39 is 54.8 Å². The first-order valence-electron chi connectivity index (χ1n) is 14.9. The fourth-order valence-corrected chi connectivity index (χ4v) is 6.70. The Bertz CT molecular complexity index is 1300. The van der Waals surface area contributed by atoms with Gasteiger partial charge in [0.15, 0.2) is 11.4 Å². The number of ketones is 1. The maximum Gasteiger partial charge on any atom is 0.341 e. The third-order valence-electron chi connectivity index (χ3n) is 8.85. The van der Waals surface area contributed by atoms with Crippen LogP contribution in [0.5, 0.6) is 0 Å². The molecule has 0 unspecified atom stereocenters. The molecule has 0 N–H and O–H groups in total. The van der Waals surface area contributed by atoms with Gasteiger partial charge in [-0.1, -0.05) is 60.7 Å². The molecule has 44 heavy (non-hydrogen) atoms. The van der Waals surface area contributed by atoms with Gasteiger partial charge in [-0.3, -0.25) is 14.2 Å². The molecular weight excluding hydrogens is 587 g/mol. The topological polar surface area (TPSA) is 116 Å². The van der Waals surface area contributed by atoms with Crippen molar-refractivity contribution in [2.24, 2.45) is 0 Å². The van der Waals surface area contributed by atoms with E-state index in [1.165, 1.54) is 21.1 Å². The molecule has 242 valence electrons. The van der Waals surface area contributed by atoms with E-state index in [2.05, 4.69) is 0 Å². The first-order chi connectivity index (χ1) is 20.8. The monoisotopic (exact) mass is 632 g/mol. The van der Waals surface area contributed by atoms with Crippen molar-refractivity contribution in [3.05, 3.63) is 71.8 Å². The fraction of sp³-hybridized carbons (Fsp3) is 0.576. The second-order valence-electron chi connectivity index (χ2n) is 12.1. The summed E-state index contributed by atoms with van der Waals surface area (Å²) < 4.78 is 54.1. The maximum absolute atomic E-state index is 13.0. The molecule has 4 rings (SSSR count). The van der Waals surface area contributed by atoms with Crippen LogP contribution < -0.4 is 0 Å². The zero-order valence-corrected chi connectivity index (χ0v) is 27.4. The van der Waals surface area contributed by atoms with E-state index in [-0.39, 0.29) is 12.2 Å². The van der Waals surface area contributed by atoms with Crippen LogP contribution in [0.25, 0.3) is 0 Å². The zero-order valence-electron chi connectivity index (χ0n) is 26.5. The molecule has 0 radical (unpaired) electrons. The normalized spacial score (nSPS) is 30.4. The maximum atomic E-state index is 13.0. The van der Waals surface area contributed by atoms with Gasteiger partial charge in [0, 0.05) is 40.1 Å². The highest BCUT2D eigenvalue weighted by atomic mass is 31.2. The molecule has 2 aliphatic heterocycles. The molecule has 0 spiro atoms. The van der Waals surface area contributed by atoms with Gasteiger partial charge in [-0.15, -0.1) is 0 Å². The van der Waals surface area contributed by atoms with Gasteiger partial charge in [-0.2, -0.15) is 0 Å². The predicted octanol–water partition coefficient (Wildman–Crippen LogP) is 5.65. The van der Waals surface area contributed by atoms with Crippen LogP contribution >= 0.6 is 7.60 Å². The van der Waals surface area contributed by atoms with Crippen molar-refractivity contribution < 1.29 is 46.9 Å². The number of fused-ring (bicyclic) bond motifs is 1. The van der Waals surface area contributed by atoms with Crippen molar-refractivity contribution in [2.45, 2.75) is 95.3 Å². The second-order valence-corrected chi connectivity index (χ2v) is 14.4. The van der Waals surface area contributed by atoms with Crippen LogP contribution in [0.2, 0.25) is 0 Å². The first kappa shape index (κ1) is 34.4. The Morgan fingerprint density at radius 2 is 1.50 bits per heavy atom. The highest BCUT2D eigenvalue weighted by Crippen LogP contribution is 2.50. The minimum absolute atomic E-state index is 0.189. The summed E-state index contributed by atoms with van der Waals surface area (Å²) in [6, 6.07) is 19.8. The van der Waals surface area contributed by atoms with E-state index in [1.54, 1.807) is 6.92 Å². The van der Waals surface area contributed by atoms with Crippen molar-refractivity contribution in [1.82, 2.24) is 0 Å². The fourth-order valence-electron chi connectivity index (χ4n) is 5.90. The lowest BCUT2D eigenvalue weighted by molar-refractivity contribution is -0.332. The van der Waals surface area contributed by atoms with Crippen LogP contribution in [0.3, 0.4) is 0 Å². The average molecular weight is 633 g/mol. The van der Waals surface area contributed by atoms with E-state index in [9.17, 15) is 14.2 Å². The molecule has 2 aromatic rings. The van der Waals surface area contributed by atoms with E-state index >= 15 is 0 Å². The van der Waals surface area contributed by atoms with E-state index in [1.807, 2.05) is 74.5 Å². The Morgan fingerprint density at radius 1 is 0.909 bits per heavy atom. The summed E-state index contributed by atoms with van der Waals surface area (Å²) in [5.74, 6) is -1.13. The highest BCUT2D eigenvalue weighted by molar-refractivity contribution is 7.54. The molecule has 2 aromatic carbocycles. The predicted molar refractivity (Wildman–Crippen MR) is 163 cm³/mol. The Balaban J connectivity index is 1.54. The molecule has 0 aromatic heterocycles. The molecule has 2 saturated heterocycles. The van der Waals surface area contributed by atoms with Gasteiger partial charge in [-0.25, -0.2) is 0 Å². The van der Waals surface area contributed by atoms with Gasteiger partial charge < -0.3 is 32.7 Å². The van der Waals surface area contributed by atoms with E-state index in [0.717, 1.165) is 11.1 Å². The SMILES string of the molecule is COP(=O)(CC(=O)O[C@H]1C[C@H]2O[C@@](C)(CCOCc3ccccc3)[C@H](OCc3ccccc3)C[C@]2(C)O[C@]1(C)C(C)=O)OC. The van der Waals surface area contributed by atoms with Crippen LogP contribution in [-0.4, -0.2) is 73.9 Å². The molecule has 0 aliphatic carbocycles. The van der Waals surface area contributed by atoms with Crippen LogP contribution in [0, 0.1) is 0 Å². The number of hydrogen-bond acceptors (Lipinski definition) is 10. The van der Waals surface area contributed by atoms with Gasteiger partial charge in [0.1, 0.15) is 12.3 Å². The smallest absolute Gasteiger partial charge is 0.341 e. The molecule has 0 amide bonds. The van der Waals surface area contributed by atoms with Crippen LogP contribution in [0.1, 0.15) is 58.1 Å². The Labute approximate surface area is 260 Å². The Morgan fingerprint density at radius 3 is 2.07 bits per heavy atom. The van der Waals surface area contributed by atoms with Crippen LogP contribution in [-0.2, 0) is 60.1 Å². The summed E-state index contributed by atoms with van der Waals surface area (Å²) in [7, 11) is -1.28. The summed E-state index contributed by atoms with van der Waals surface area (Å²) in [6.45, 7) is 8.20. The number of carbonyl (C=O) groups excluding carboxylic acids is 2. The van der Waals surface area contributed by atoms with Crippen molar-refractivity contribution in [2.75, 3.05) is 27.0 Å². The van der Waals surface area contributed by atoms with Crippen LogP contribution in [0.15, 0.2) is 60.7 Å². The Kier molecular flexibility index (Phi) is 11.2. The largest absolute Gasteiger partial charge is 0.458 e. The summed E-state index contributed by atoms with van der Waals surface area (Å²) in [6.07, 6.45) is -1.37. The van der Waals surface area contributed by atoms with Crippen molar-refractivity contribution in [1.29, 1.82) is 0 Å². The number of ether oxygens (including phenoxy) is 5. The average Bonchev–Trinajstić information content (AvgIpc) is 3.00. The third kappa shape index (κ3) is 8.04. The number of Topliss-reactive ketones (excluding diaryl/α,β-unsaturated/α-hetero) is 1. The molecule has 10 nitrogen and oxygen atoms in total. The van der Waals surface area contributed by atoms with Gasteiger partial charge >= 0.3 is 13.6 Å². The van der Waals surface area contributed by atoms with Crippen molar-refractivity contribution in [3.63, 3.8) is 0 Å². The standard InChI is InChI=1S/C33H45O10P/c1-24(34)33(4)28(41-30(35)23-44(36,37-5)38-6)19-27-32(3,43-33)20-29(40-22-26-15-11-8-12-16-26)31(2,42-27)17-18-39-21-25-13-9-7-10-14-25/h7-16,27-29H,17-23H2,1-6H3/t27-,28+,29-,31+,32+,33-/m1/s1. The molecule has 2 heterocycles. The summed E-state index contributed by atoms with van der Waals surface area (Å²) in [5, 5.41) is 0. The summed E-state index contributed by atoms with van der Waals surface area (Å²) in [5.41, 5.74) is -1.07. The van der Waals surface area contributed by atoms with E-state index in [4.69, 9.17) is 32.7 Å². The third-order valence-corrected chi connectivity index (χ3v) is 10.6. The van der Waals surface area contributed by atoms with Gasteiger partial charge in [0.25, 0.3) is 0 Å². The quantitative estimate of drug-likeness (QED) is 0.147. The summed E-state index contributed by atoms with van der Waals surface area (Å²) >= 11 is 0. The van der Waals surface area contributed by atoms with Gasteiger partial charge in [0.2, 0.25) is 0 Å². The lowest BCUT2D eigenvalue weighted by Crippen LogP contribution is -2.70. The lowest BCUT2D eigenvalue weighted by atomic mass is 9.73. The summed E-state index contributed by atoms with van der Waals surface area (Å²) in [4.78, 5) is 25.9. The second kappa shape index (κ2) is 14.3. The van der Waals surface area contributed by atoms with Crippen molar-refractivity contribution >= 4 is 19.3 Å². The zero-order chi connectivity index (χ0) is 32.0. The van der Waals surface area contributed by atoms with Crippen molar-refractivity contribution in [3.8, 4) is 0 Å².